The molecule has 132 valence electrons. The number of nitrogens with zero attached hydrogens (tertiary/aromatic N) is 5. The van der Waals surface area contributed by atoms with Crippen LogP contribution in [0.3, 0.4) is 0 Å². The van der Waals surface area contributed by atoms with Crippen molar-refractivity contribution in [2.24, 2.45) is 0 Å². The summed E-state index contributed by atoms with van der Waals surface area (Å²) in [5.41, 5.74) is 6.37. The van der Waals surface area contributed by atoms with Crippen molar-refractivity contribution in [2.45, 2.75) is 26.1 Å². The fourth-order valence-electron chi connectivity index (χ4n) is 2.24. The van der Waals surface area contributed by atoms with Crippen molar-refractivity contribution < 1.29 is 18.0 Å². The van der Waals surface area contributed by atoms with Crippen LogP contribution < -0.4 is 11.1 Å². The highest BCUT2D eigenvalue weighted by Gasteiger charge is 2.29. The number of rotatable bonds is 4. The lowest BCUT2D eigenvalue weighted by molar-refractivity contribution is -0.137. The minimum atomic E-state index is -4.37. The molecule has 0 radical (unpaired) electrons. The minimum Gasteiger partial charge on any atom is -0.383 e. The van der Waals surface area contributed by atoms with Gasteiger partial charge >= 0.3 is 6.18 Å². The number of carbonyl (C=O) groups excluding carboxylic acids is 1. The van der Waals surface area contributed by atoms with Gasteiger partial charge in [0.2, 0.25) is 0 Å². The van der Waals surface area contributed by atoms with E-state index in [1.165, 1.54) is 0 Å². The zero-order valence-corrected chi connectivity index (χ0v) is 12.9. The highest BCUT2D eigenvalue weighted by Crippen LogP contribution is 2.25. The summed E-state index contributed by atoms with van der Waals surface area (Å²) in [7, 11) is 0. The van der Waals surface area contributed by atoms with Crippen LogP contribution in [-0.4, -0.2) is 42.0 Å². The number of fused-ring (bicyclic) bond motifs is 1. The zero-order valence-electron chi connectivity index (χ0n) is 12.9. The summed E-state index contributed by atoms with van der Waals surface area (Å²) in [5, 5.41) is 13.0. The number of nitrogens with one attached hydrogen (secondary N) is 2. The zero-order chi connectivity index (χ0) is 18.2. The van der Waals surface area contributed by atoms with Crippen molar-refractivity contribution in [1.29, 1.82) is 0 Å². The van der Waals surface area contributed by atoms with Gasteiger partial charge in [0, 0.05) is 11.8 Å². The van der Waals surface area contributed by atoms with Crippen molar-refractivity contribution >= 4 is 28.6 Å². The second-order valence-electron chi connectivity index (χ2n) is 5.28. The Morgan fingerprint density at radius 1 is 1.40 bits per heavy atom. The Hall–Kier alpha value is -3.18. The first-order chi connectivity index (χ1) is 11.7. The lowest BCUT2D eigenvalue weighted by Gasteiger charge is -2.06. The van der Waals surface area contributed by atoms with Crippen molar-refractivity contribution in [3.8, 4) is 0 Å². The predicted molar refractivity (Wildman–Crippen MR) is 81.7 cm³/mol. The number of H-pyrrole nitrogens is 1. The quantitative estimate of drug-likeness (QED) is 0.654. The van der Waals surface area contributed by atoms with Crippen LogP contribution in [0.2, 0.25) is 0 Å². The first kappa shape index (κ1) is 16.7. The van der Waals surface area contributed by atoms with Crippen LogP contribution >= 0.6 is 0 Å². The molecule has 1 amide bonds. The third-order valence-electron chi connectivity index (χ3n) is 3.33. The van der Waals surface area contributed by atoms with E-state index in [-0.39, 0.29) is 28.4 Å². The SMILES string of the molecule is Cc1cc(NC(=O)c2nn(CCC(F)(F)F)c3ncnc(N)c23)n[nH]1. The highest BCUT2D eigenvalue weighted by atomic mass is 19.4. The van der Waals surface area contributed by atoms with E-state index >= 15 is 0 Å². The lowest BCUT2D eigenvalue weighted by Crippen LogP contribution is -2.16. The van der Waals surface area contributed by atoms with E-state index < -0.39 is 25.0 Å². The Morgan fingerprint density at radius 3 is 2.80 bits per heavy atom. The molecule has 0 unspecified atom stereocenters. The number of nitrogen functional groups attached to an aromatic ring is 1. The number of amides is 1. The van der Waals surface area contributed by atoms with E-state index in [4.69, 9.17) is 5.73 Å². The molecule has 0 saturated heterocycles. The van der Waals surface area contributed by atoms with Crippen LogP contribution in [-0.2, 0) is 6.54 Å². The number of nitrogens with two attached hydrogens (primary N) is 1. The first-order valence-electron chi connectivity index (χ1n) is 7.11. The molecule has 0 bridgehead atoms. The Bertz CT molecular complexity index is 929. The number of hydrogen-bond acceptors (Lipinski definition) is 6. The van der Waals surface area contributed by atoms with Crippen LogP contribution in [0.25, 0.3) is 11.0 Å². The standard InChI is InChI=1S/C13H13F3N8O/c1-6-4-7(22-21-6)20-12(25)9-8-10(17)18-5-19-11(8)24(23-9)3-2-13(14,15)16/h4-5H,2-3H2,1H3,(H2,17,18,19)(H2,20,21,22,25). The molecule has 9 nitrogen and oxygen atoms in total. The summed E-state index contributed by atoms with van der Waals surface area (Å²) in [5.74, 6) is -0.480. The number of carbonyl (C=O) groups is 1. The number of hydrogen-bond donors (Lipinski definition) is 3. The molecule has 0 aromatic carbocycles. The number of aromatic amines is 1. The summed E-state index contributed by atoms with van der Waals surface area (Å²) in [6.07, 6.45) is -4.39. The number of aromatic nitrogens is 6. The van der Waals surface area contributed by atoms with Crippen LogP contribution in [0.4, 0.5) is 24.8 Å². The summed E-state index contributed by atoms with van der Waals surface area (Å²) >= 11 is 0. The van der Waals surface area contributed by atoms with E-state index in [1.807, 2.05) is 0 Å². The number of anilines is 2. The Labute approximate surface area is 138 Å². The lowest BCUT2D eigenvalue weighted by atomic mass is 10.2. The summed E-state index contributed by atoms with van der Waals surface area (Å²) < 4.78 is 38.5. The third kappa shape index (κ3) is 3.51. The van der Waals surface area contributed by atoms with Gasteiger partial charge in [-0.15, -0.1) is 0 Å². The molecule has 0 saturated carbocycles. The van der Waals surface area contributed by atoms with E-state index in [2.05, 4.69) is 30.6 Å². The van der Waals surface area contributed by atoms with Gasteiger partial charge in [-0.05, 0) is 6.92 Å². The maximum atomic E-state index is 12.5. The van der Waals surface area contributed by atoms with Crippen LogP contribution in [0.5, 0.6) is 0 Å². The summed E-state index contributed by atoms with van der Waals surface area (Å²) in [4.78, 5) is 20.1. The van der Waals surface area contributed by atoms with Crippen molar-refractivity contribution in [1.82, 2.24) is 29.9 Å². The first-order valence-corrected chi connectivity index (χ1v) is 7.11. The molecule has 3 rings (SSSR count). The Kier molecular flexibility index (Phi) is 4.02. The molecular formula is C13H13F3N8O. The number of halogens is 3. The molecule has 3 aromatic rings. The third-order valence-corrected chi connectivity index (χ3v) is 3.33. The van der Waals surface area contributed by atoms with E-state index in [1.54, 1.807) is 13.0 Å². The Balaban J connectivity index is 1.98. The second-order valence-corrected chi connectivity index (χ2v) is 5.28. The predicted octanol–water partition coefficient (Wildman–Crippen LogP) is 1.64. The molecular weight excluding hydrogens is 341 g/mol. The van der Waals surface area contributed by atoms with Gasteiger partial charge in [0.1, 0.15) is 12.1 Å². The molecule has 0 aliphatic rings. The Morgan fingerprint density at radius 2 is 2.16 bits per heavy atom. The summed E-state index contributed by atoms with van der Waals surface area (Å²) in [6.45, 7) is 1.25. The largest absolute Gasteiger partial charge is 0.390 e. The minimum absolute atomic E-state index is 0.0494. The molecule has 12 heteroatoms. The normalized spacial score (nSPS) is 11.8. The van der Waals surface area contributed by atoms with Gasteiger partial charge in [0.25, 0.3) is 5.91 Å². The van der Waals surface area contributed by atoms with Gasteiger partial charge in [-0.3, -0.25) is 9.89 Å². The topological polar surface area (TPSA) is 127 Å². The van der Waals surface area contributed by atoms with Gasteiger partial charge in [0.15, 0.2) is 17.2 Å². The molecule has 4 N–H and O–H groups in total. The van der Waals surface area contributed by atoms with Gasteiger partial charge < -0.3 is 11.1 Å². The summed E-state index contributed by atoms with van der Waals surface area (Å²) in [6, 6.07) is 1.58. The average molecular weight is 354 g/mol. The number of aryl methyl sites for hydroxylation is 2. The fourth-order valence-corrected chi connectivity index (χ4v) is 2.24. The molecule has 0 fully saturated rings. The maximum absolute atomic E-state index is 12.5. The van der Waals surface area contributed by atoms with Crippen LogP contribution in [0.1, 0.15) is 22.6 Å². The van der Waals surface area contributed by atoms with Crippen LogP contribution in [0, 0.1) is 6.92 Å². The molecule has 0 spiro atoms. The molecule has 25 heavy (non-hydrogen) atoms. The number of alkyl halides is 3. The van der Waals surface area contributed by atoms with Crippen molar-refractivity contribution in [3.63, 3.8) is 0 Å². The molecule has 3 aromatic heterocycles. The smallest absolute Gasteiger partial charge is 0.383 e. The van der Waals surface area contributed by atoms with E-state index in [0.717, 1.165) is 16.7 Å². The monoisotopic (exact) mass is 354 g/mol. The molecule has 0 atom stereocenters. The van der Waals surface area contributed by atoms with Gasteiger partial charge in [0.05, 0.1) is 18.4 Å². The molecule has 0 aliphatic carbocycles. The fraction of sp³-hybridized carbons (Fsp3) is 0.308. The van der Waals surface area contributed by atoms with E-state index in [0.29, 0.717) is 0 Å². The molecule has 0 aliphatic heterocycles. The molecule has 3 heterocycles. The van der Waals surface area contributed by atoms with Gasteiger partial charge in [-0.2, -0.15) is 23.4 Å². The van der Waals surface area contributed by atoms with Gasteiger partial charge in [-0.1, -0.05) is 0 Å². The van der Waals surface area contributed by atoms with Crippen LogP contribution in [0.15, 0.2) is 12.4 Å². The van der Waals surface area contributed by atoms with E-state index in [9.17, 15) is 18.0 Å². The highest BCUT2D eigenvalue weighted by molar-refractivity contribution is 6.12. The second kappa shape index (κ2) is 6.03. The average Bonchev–Trinajstić information content (AvgIpc) is 3.09. The van der Waals surface area contributed by atoms with Crippen molar-refractivity contribution in [2.75, 3.05) is 11.1 Å². The maximum Gasteiger partial charge on any atom is 0.390 e. The van der Waals surface area contributed by atoms with Crippen molar-refractivity contribution in [3.05, 3.63) is 23.8 Å². The van der Waals surface area contributed by atoms with Gasteiger partial charge in [-0.25, -0.2) is 14.6 Å².